The number of aryl methyl sites for hydroxylation is 1. The molecule has 5 heteroatoms. The van der Waals surface area contributed by atoms with Crippen molar-refractivity contribution in [3.05, 3.63) is 65.2 Å². The van der Waals surface area contributed by atoms with Gasteiger partial charge in [-0.15, -0.1) is 0 Å². The number of amides is 1. The van der Waals surface area contributed by atoms with E-state index in [-0.39, 0.29) is 23.1 Å². The van der Waals surface area contributed by atoms with Crippen molar-refractivity contribution in [3.8, 4) is 0 Å². The van der Waals surface area contributed by atoms with Gasteiger partial charge in [-0.05, 0) is 30.0 Å². The van der Waals surface area contributed by atoms with Crippen LogP contribution in [0.3, 0.4) is 0 Å². The average Bonchev–Trinajstić information content (AvgIpc) is 2.52. The van der Waals surface area contributed by atoms with Crippen LogP contribution in [0.25, 0.3) is 0 Å². The van der Waals surface area contributed by atoms with Crippen molar-refractivity contribution in [1.29, 1.82) is 0 Å². The molecule has 0 aliphatic heterocycles. The van der Waals surface area contributed by atoms with Crippen LogP contribution in [0, 0.1) is 6.92 Å². The Morgan fingerprint density at radius 2 is 1.83 bits per heavy atom. The molecule has 0 aliphatic rings. The average molecular weight is 345 g/mol. The van der Waals surface area contributed by atoms with Gasteiger partial charge in [0.05, 0.1) is 11.3 Å². The van der Waals surface area contributed by atoms with Crippen LogP contribution in [0.2, 0.25) is 0 Å². The highest BCUT2D eigenvalue weighted by atomic mass is 32.2. The Balaban J connectivity index is 2.00. The molecule has 24 heavy (non-hydrogen) atoms. The summed E-state index contributed by atoms with van der Waals surface area (Å²) in [4.78, 5) is 12.4. The van der Waals surface area contributed by atoms with Gasteiger partial charge in [-0.2, -0.15) is 0 Å². The van der Waals surface area contributed by atoms with Crippen LogP contribution in [0.15, 0.2) is 53.4 Å². The van der Waals surface area contributed by atoms with E-state index >= 15 is 0 Å². The lowest BCUT2D eigenvalue weighted by atomic mass is 9.99. The molecule has 0 heterocycles. The molecule has 0 radical (unpaired) electrons. The summed E-state index contributed by atoms with van der Waals surface area (Å²) < 4.78 is 23.6. The molecule has 0 saturated carbocycles. The molecule has 1 amide bonds. The number of benzene rings is 2. The van der Waals surface area contributed by atoms with Crippen molar-refractivity contribution >= 4 is 15.7 Å². The fourth-order valence-electron chi connectivity index (χ4n) is 2.61. The smallest absolute Gasteiger partial charge is 0.224 e. The molecule has 2 aromatic carbocycles. The molecule has 2 rings (SSSR count). The summed E-state index contributed by atoms with van der Waals surface area (Å²) in [7, 11) is -3.34. The summed E-state index contributed by atoms with van der Waals surface area (Å²) in [6.07, 6.45) is 1.22. The first-order valence-electron chi connectivity index (χ1n) is 7.88. The molecule has 0 fully saturated rings. The lowest BCUT2D eigenvalue weighted by Gasteiger charge is -2.14. The molecule has 1 atom stereocenters. The topological polar surface area (TPSA) is 63.2 Å². The first-order chi connectivity index (χ1) is 11.3. The number of rotatable bonds is 6. The van der Waals surface area contributed by atoms with Gasteiger partial charge in [0, 0.05) is 12.8 Å². The van der Waals surface area contributed by atoms with Crippen molar-refractivity contribution in [2.75, 3.05) is 12.8 Å². The van der Waals surface area contributed by atoms with E-state index in [1.807, 2.05) is 25.1 Å². The molecule has 1 N–H and O–H groups in total. The Labute approximate surface area is 143 Å². The molecule has 0 saturated heterocycles. The lowest BCUT2D eigenvalue weighted by Crippen LogP contribution is -2.29. The van der Waals surface area contributed by atoms with Gasteiger partial charge in [0.25, 0.3) is 0 Å². The first kappa shape index (κ1) is 18.2. The number of hydrogen-bond acceptors (Lipinski definition) is 3. The van der Waals surface area contributed by atoms with E-state index in [4.69, 9.17) is 0 Å². The SMILES string of the molecule is Cc1cccc(C(C)CNC(=O)Cc2ccccc2S(C)(=O)=O)c1. The van der Waals surface area contributed by atoms with Crippen LogP contribution < -0.4 is 5.32 Å². The summed E-state index contributed by atoms with van der Waals surface area (Å²) in [6.45, 7) is 4.61. The summed E-state index contributed by atoms with van der Waals surface area (Å²) >= 11 is 0. The van der Waals surface area contributed by atoms with E-state index in [1.165, 1.54) is 17.2 Å². The highest BCUT2D eigenvalue weighted by Gasteiger charge is 2.15. The predicted octanol–water partition coefficient (Wildman–Crippen LogP) is 2.86. The third-order valence-corrected chi connectivity index (χ3v) is 5.14. The standard InChI is InChI=1S/C19H23NO3S/c1-14-7-6-9-16(11-14)15(2)13-20-19(21)12-17-8-4-5-10-18(17)24(3,22)23/h4-11,15H,12-13H2,1-3H3,(H,20,21). The summed E-state index contributed by atoms with van der Waals surface area (Å²) in [5.74, 6) is 0.0182. The van der Waals surface area contributed by atoms with Gasteiger partial charge in [0.2, 0.25) is 5.91 Å². The molecule has 0 spiro atoms. The van der Waals surface area contributed by atoms with Gasteiger partial charge < -0.3 is 5.32 Å². The van der Waals surface area contributed by atoms with Gasteiger partial charge in [0.15, 0.2) is 9.84 Å². The second-order valence-corrected chi connectivity index (χ2v) is 8.16. The molecule has 0 aromatic heterocycles. The van der Waals surface area contributed by atoms with Crippen LogP contribution in [0.1, 0.15) is 29.5 Å². The molecular weight excluding hydrogens is 322 g/mol. The maximum atomic E-state index is 12.2. The summed E-state index contributed by atoms with van der Waals surface area (Å²) in [5, 5.41) is 2.89. The van der Waals surface area contributed by atoms with E-state index in [0.29, 0.717) is 12.1 Å². The minimum Gasteiger partial charge on any atom is -0.355 e. The van der Waals surface area contributed by atoms with Gasteiger partial charge >= 0.3 is 0 Å². The minimum absolute atomic E-state index is 0.0593. The fraction of sp³-hybridized carbons (Fsp3) is 0.316. The van der Waals surface area contributed by atoms with Crippen LogP contribution in [-0.4, -0.2) is 27.1 Å². The molecule has 0 bridgehead atoms. The number of nitrogens with one attached hydrogen (secondary N) is 1. The molecule has 128 valence electrons. The molecular formula is C19H23NO3S. The normalized spacial score (nSPS) is 12.6. The zero-order chi connectivity index (χ0) is 17.7. The Morgan fingerprint density at radius 1 is 1.12 bits per heavy atom. The Kier molecular flexibility index (Phi) is 5.78. The molecule has 2 aromatic rings. The van der Waals surface area contributed by atoms with Crippen LogP contribution in [0.5, 0.6) is 0 Å². The minimum atomic E-state index is -3.34. The second-order valence-electron chi connectivity index (χ2n) is 6.18. The third-order valence-electron chi connectivity index (χ3n) is 3.94. The highest BCUT2D eigenvalue weighted by Crippen LogP contribution is 2.17. The Bertz CT molecular complexity index is 828. The Morgan fingerprint density at radius 3 is 2.50 bits per heavy atom. The van der Waals surface area contributed by atoms with E-state index in [1.54, 1.807) is 18.2 Å². The number of carbonyl (C=O) groups is 1. The van der Waals surface area contributed by atoms with E-state index in [9.17, 15) is 13.2 Å². The third kappa shape index (κ3) is 4.93. The largest absolute Gasteiger partial charge is 0.355 e. The molecule has 4 nitrogen and oxygen atoms in total. The van der Waals surface area contributed by atoms with Crippen molar-refractivity contribution in [2.24, 2.45) is 0 Å². The highest BCUT2D eigenvalue weighted by molar-refractivity contribution is 7.90. The van der Waals surface area contributed by atoms with Gasteiger partial charge in [-0.25, -0.2) is 8.42 Å². The maximum absolute atomic E-state index is 12.2. The van der Waals surface area contributed by atoms with E-state index < -0.39 is 9.84 Å². The number of hydrogen-bond donors (Lipinski definition) is 1. The Hall–Kier alpha value is -2.14. The van der Waals surface area contributed by atoms with Crippen molar-refractivity contribution in [2.45, 2.75) is 31.1 Å². The van der Waals surface area contributed by atoms with Gasteiger partial charge in [-0.1, -0.05) is 55.0 Å². The van der Waals surface area contributed by atoms with Crippen molar-refractivity contribution < 1.29 is 13.2 Å². The number of carbonyl (C=O) groups excluding carboxylic acids is 1. The zero-order valence-corrected chi connectivity index (χ0v) is 15.1. The predicted molar refractivity (Wildman–Crippen MR) is 95.9 cm³/mol. The lowest BCUT2D eigenvalue weighted by molar-refractivity contribution is -0.120. The quantitative estimate of drug-likeness (QED) is 0.875. The van der Waals surface area contributed by atoms with Crippen LogP contribution >= 0.6 is 0 Å². The van der Waals surface area contributed by atoms with Crippen molar-refractivity contribution in [1.82, 2.24) is 5.32 Å². The number of sulfone groups is 1. The summed E-state index contributed by atoms with van der Waals surface area (Å²) in [5.41, 5.74) is 2.89. The van der Waals surface area contributed by atoms with E-state index in [0.717, 1.165) is 6.26 Å². The summed E-state index contributed by atoms with van der Waals surface area (Å²) in [6, 6.07) is 14.8. The molecule has 0 aliphatic carbocycles. The first-order valence-corrected chi connectivity index (χ1v) is 9.77. The molecule has 1 unspecified atom stereocenters. The van der Waals surface area contributed by atoms with Gasteiger partial charge in [0.1, 0.15) is 0 Å². The monoisotopic (exact) mass is 345 g/mol. The van der Waals surface area contributed by atoms with Crippen LogP contribution in [0.4, 0.5) is 0 Å². The van der Waals surface area contributed by atoms with Gasteiger partial charge in [-0.3, -0.25) is 4.79 Å². The zero-order valence-electron chi connectivity index (χ0n) is 14.2. The second kappa shape index (κ2) is 7.62. The fourth-order valence-corrected chi connectivity index (χ4v) is 3.55. The van der Waals surface area contributed by atoms with Crippen LogP contribution in [-0.2, 0) is 21.1 Å². The van der Waals surface area contributed by atoms with E-state index in [2.05, 4.69) is 18.3 Å². The maximum Gasteiger partial charge on any atom is 0.224 e. The van der Waals surface area contributed by atoms with Crippen molar-refractivity contribution in [3.63, 3.8) is 0 Å².